The fraction of sp³-hybridized carbons (Fsp3) is 0.500. The van der Waals surface area contributed by atoms with Crippen LogP contribution in [0.2, 0.25) is 0 Å². The average molecular weight is 1030 g/mol. The summed E-state index contributed by atoms with van der Waals surface area (Å²) in [4.78, 5) is 87.4. The highest BCUT2D eigenvalue weighted by atomic mass is 16.3. The fourth-order valence-electron chi connectivity index (χ4n) is 9.16. The maximum atomic E-state index is 14.4. The van der Waals surface area contributed by atoms with Gasteiger partial charge in [-0.1, -0.05) is 68.5 Å². The average Bonchev–Trinajstić information content (AvgIpc) is 3.92. The zero-order chi connectivity index (χ0) is 54.1. The third-order valence-electron chi connectivity index (χ3n) is 13.5. The van der Waals surface area contributed by atoms with Crippen LogP contribution in [-0.4, -0.2) is 183 Å². The number of phenolic OH excluding ortho intramolecular Hbond substituents is 1. The first-order chi connectivity index (χ1) is 35.1. The van der Waals surface area contributed by atoms with E-state index in [1.165, 1.54) is 31.2 Å². The van der Waals surface area contributed by atoms with E-state index in [9.17, 15) is 74.7 Å². The highest BCUT2D eigenvalue weighted by Gasteiger charge is 2.50. The SMILES string of the molecule is CCCCC#Cc1ccc(-c2ccc(NC3CC(O)C(O)NC(=O)C4C(O)C(C)CN4C(=O)C(C(C)O)NC(=O)C(C(O)C(O)c4ccc(O)cc4)NC(=O)C4CC(O)CN4C(=O)C(C(C)O)NC3=O)cc2)cc1. The minimum atomic E-state index is -2.26. The summed E-state index contributed by atoms with van der Waals surface area (Å²) < 4.78 is 0. The lowest BCUT2D eigenvalue weighted by Crippen LogP contribution is -2.64. The molecule has 6 amide bonds. The molecule has 6 rings (SSSR count). The van der Waals surface area contributed by atoms with Crippen LogP contribution in [0, 0.1) is 17.8 Å². The standard InChI is InChI=1S/C52H67N7O15/c1-5-6-7-8-9-29-10-12-30(13-11-29)31-14-18-33(19-15-31)53-36-23-38(64)48(70)57-50(72)42-43(65)26(2)24-59(42)52(74)40(28(4)61)55-49(71)41(45(67)44(66)32-16-20-34(62)21-17-32)56-47(69)37-22-35(63)25-58(37)51(73)39(27(3)60)54-46(36)68/h10-21,26-28,35-45,48,53,60-67,70H,5-7,22-25H2,1-4H3,(H,54,68)(H,55,71)(H,56,69)(H,57,72). The van der Waals surface area contributed by atoms with Crippen LogP contribution in [0.4, 0.5) is 5.69 Å². The van der Waals surface area contributed by atoms with E-state index in [1.54, 1.807) is 24.3 Å². The minimum Gasteiger partial charge on any atom is -0.508 e. The van der Waals surface area contributed by atoms with Gasteiger partial charge in [0.2, 0.25) is 35.4 Å². The molecule has 74 heavy (non-hydrogen) atoms. The van der Waals surface area contributed by atoms with Crippen molar-refractivity contribution in [2.75, 3.05) is 18.4 Å². The van der Waals surface area contributed by atoms with Gasteiger partial charge in [-0.2, -0.15) is 0 Å². The predicted molar refractivity (Wildman–Crippen MR) is 265 cm³/mol. The Bertz CT molecular complexity index is 2520. The van der Waals surface area contributed by atoms with E-state index in [2.05, 4.69) is 45.3 Å². The van der Waals surface area contributed by atoms with Crippen LogP contribution in [0.25, 0.3) is 11.1 Å². The summed E-state index contributed by atoms with van der Waals surface area (Å²) in [7, 11) is 0. The molecule has 15 unspecified atom stereocenters. The minimum absolute atomic E-state index is 0.0533. The van der Waals surface area contributed by atoms with E-state index < -0.39 is 146 Å². The van der Waals surface area contributed by atoms with Crippen LogP contribution in [0.5, 0.6) is 5.75 Å². The number of carbonyl (C=O) groups excluding carboxylic acids is 6. The van der Waals surface area contributed by atoms with E-state index in [0.717, 1.165) is 59.6 Å². The monoisotopic (exact) mass is 1030 g/mol. The van der Waals surface area contributed by atoms with Crippen molar-refractivity contribution >= 4 is 41.1 Å². The van der Waals surface area contributed by atoms with Gasteiger partial charge < -0.3 is 82.3 Å². The summed E-state index contributed by atoms with van der Waals surface area (Å²) in [6, 6.07) is 8.05. The number of nitrogens with one attached hydrogen (secondary N) is 5. The van der Waals surface area contributed by atoms with E-state index in [-0.39, 0.29) is 17.9 Å². The van der Waals surface area contributed by atoms with E-state index in [4.69, 9.17) is 0 Å². The van der Waals surface area contributed by atoms with Crippen LogP contribution in [0.1, 0.15) is 77.0 Å². The van der Waals surface area contributed by atoms with Gasteiger partial charge in [0.05, 0.1) is 24.4 Å². The summed E-state index contributed by atoms with van der Waals surface area (Å²) in [6.45, 7) is 4.99. The maximum Gasteiger partial charge on any atom is 0.248 e. The Morgan fingerprint density at radius 3 is 1.84 bits per heavy atom. The van der Waals surface area contributed by atoms with Gasteiger partial charge in [-0.05, 0) is 73.4 Å². The van der Waals surface area contributed by atoms with Crippen molar-refractivity contribution in [3.63, 3.8) is 0 Å². The predicted octanol–water partition coefficient (Wildman–Crippen LogP) is -1.94. The van der Waals surface area contributed by atoms with E-state index in [1.807, 2.05) is 24.3 Å². The fourth-order valence-corrected chi connectivity index (χ4v) is 9.16. The summed E-state index contributed by atoms with van der Waals surface area (Å²) in [5.74, 6) is -1.76. The molecule has 0 saturated carbocycles. The van der Waals surface area contributed by atoms with Crippen molar-refractivity contribution in [1.29, 1.82) is 0 Å². The van der Waals surface area contributed by atoms with E-state index in [0.29, 0.717) is 5.69 Å². The van der Waals surface area contributed by atoms with Crippen molar-refractivity contribution in [2.24, 2.45) is 5.92 Å². The largest absolute Gasteiger partial charge is 0.508 e. The number of hydrogen-bond donors (Lipinski definition) is 14. The molecule has 0 bridgehead atoms. The van der Waals surface area contributed by atoms with Crippen LogP contribution >= 0.6 is 0 Å². The molecule has 3 saturated heterocycles. The molecule has 22 heteroatoms. The second-order valence-corrected chi connectivity index (χ2v) is 19.3. The number of aliphatic hydroxyl groups excluding tert-OH is 8. The van der Waals surface area contributed by atoms with Gasteiger partial charge in [0.15, 0.2) is 6.23 Å². The summed E-state index contributed by atoms with van der Waals surface area (Å²) >= 11 is 0. The Morgan fingerprint density at radius 2 is 1.24 bits per heavy atom. The summed E-state index contributed by atoms with van der Waals surface area (Å²) in [5, 5.41) is 112. The lowest BCUT2D eigenvalue weighted by Gasteiger charge is -2.34. The Balaban J connectivity index is 1.36. The van der Waals surface area contributed by atoms with Gasteiger partial charge in [0.25, 0.3) is 0 Å². The number of carbonyl (C=O) groups is 6. The molecule has 0 radical (unpaired) electrons. The number of unbranched alkanes of at least 4 members (excludes halogenated alkanes) is 2. The molecule has 0 aliphatic carbocycles. The van der Waals surface area contributed by atoms with Crippen molar-refractivity contribution < 1.29 is 74.7 Å². The molecule has 0 aromatic heterocycles. The molecule has 3 aliphatic heterocycles. The van der Waals surface area contributed by atoms with Crippen molar-refractivity contribution in [3.05, 3.63) is 83.9 Å². The van der Waals surface area contributed by atoms with Crippen molar-refractivity contribution in [3.8, 4) is 28.7 Å². The zero-order valence-electron chi connectivity index (χ0n) is 41.4. The first-order valence-electron chi connectivity index (χ1n) is 24.6. The van der Waals surface area contributed by atoms with Gasteiger partial charge in [-0.3, -0.25) is 28.8 Å². The quantitative estimate of drug-likeness (QED) is 0.0776. The number of benzene rings is 3. The molecule has 15 atom stereocenters. The molecule has 3 aromatic carbocycles. The van der Waals surface area contributed by atoms with Crippen LogP contribution in [0.15, 0.2) is 72.8 Å². The van der Waals surface area contributed by atoms with E-state index >= 15 is 0 Å². The lowest BCUT2D eigenvalue weighted by atomic mass is 9.96. The summed E-state index contributed by atoms with van der Waals surface area (Å²) in [6.07, 6.45) is -13.1. The molecular weight excluding hydrogens is 963 g/mol. The molecule has 22 nitrogen and oxygen atoms in total. The van der Waals surface area contributed by atoms with Gasteiger partial charge in [-0.15, -0.1) is 0 Å². The highest BCUT2D eigenvalue weighted by molar-refractivity contribution is 5.98. The smallest absolute Gasteiger partial charge is 0.248 e. The van der Waals surface area contributed by atoms with Gasteiger partial charge in [0.1, 0.15) is 60.3 Å². The molecule has 14 N–H and O–H groups in total. The Labute approximate surface area is 427 Å². The lowest BCUT2D eigenvalue weighted by molar-refractivity contribution is -0.148. The normalized spacial score (nSPS) is 29.2. The number of hydrogen-bond acceptors (Lipinski definition) is 16. The molecule has 3 heterocycles. The second kappa shape index (κ2) is 25.0. The maximum absolute atomic E-state index is 14.4. The topological polar surface area (TPSA) is 351 Å². The molecular formula is C52H67N7O15. The number of phenols is 1. The molecule has 0 spiro atoms. The number of aromatic hydroxyl groups is 1. The third-order valence-corrected chi connectivity index (χ3v) is 13.5. The summed E-state index contributed by atoms with van der Waals surface area (Å²) in [5.41, 5.74) is 2.73. The number of amides is 6. The molecule has 3 fully saturated rings. The highest BCUT2D eigenvalue weighted by Crippen LogP contribution is 2.28. The number of aliphatic hydroxyl groups is 8. The van der Waals surface area contributed by atoms with Crippen molar-refractivity contribution in [2.45, 2.75) is 145 Å². The molecule has 3 aliphatic rings. The zero-order valence-corrected chi connectivity index (χ0v) is 41.4. The number of nitrogens with zero attached hydrogens (tertiary/aromatic N) is 2. The van der Waals surface area contributed by atoms with Gasteiger partial charge in [0, 0.05) is 49.5 Å². The second-order valence-electron chi connectivity index (χ2n) is 19.3. The number of rotatable bonds is 10. The Hall–Kier alpha value is -6.68. The number of fused-ring (bicyclic) bond motifs is 2. The van der Waals surface area contributed by atoms with Gasteiger partial charge >= 0.3 is 0 Å². The first-order valence-corrected chi connectivity index (χ1v) is 24.6. The first kappa shape index (κ1) is 56.6. The number of anilines is 1. The van der Waals surface area contributed by atoms with Crippen LogP contribution in [0.3, 0.4) is 0 Å². The molecule has 400 valence electrons. The Kier molecular flexibility index (Phi) is 19.2. The molecule has 3 aromatic rings. The third kappa shape index (κ3) is 13.5. The van der Waals surface area contributed by atoms with Crippen LogP contribution < -0.4 is 26.6 Å². The van der Waals surface area contributed by atoms with Crippen LogP contribution in [-0.2, 0) is 28.8 Å². The van der Waals surface area contributed by atoms with Gasteiger partial charge in [-0.25, -0.2) is 0 Å². The Morgan fingerprint density at radius 1 is 0.676 bits per heavy atom. The van der Waals surface area contributed by atoms with Crippen molar-refractivity contribution in [1.82, 2.24) is 31.1 Å².